The number of nitriles is 1. The van der Waals surface area contributed by atoms with E-state index in [0.29, 0.717) is 11.1 Å². The van der Waals surface area contributed by atoms with Gasteiger partial charge in [-0.25, -0.2) is 8.42 Å². The molecule has 0 heterocycles. The van der Waals surface area contributed by atoms with E-state index in [1.807, 2.05) is 19.9 Å². The van der Waals surface area contributed by atoms with E-state index in [9.17, 15) is 13.2 Å². The van der Waals surface area contributed by atoms with E-state index in [1.165, 1.54) is 0 Å². The van der Waals surface area contributed by atoms with Gasteiger partial charge in [0.25, 0.3) is 0 Å². The molecule has 0 radical (unpaired) electrons. The Morgan fingerprint density at radius 2 is 1.90 bits per heavy atom. The Bertz CT molecular complexity index is 597. The first-order chi connectivity index (χ1) is 9.32. The van der Waals surface area contributed by atoms with E-state index in [0.717, 1.165) is 0 Å². The second-order valence-electron chi connectivity index (χ2n) is 4.92. The second kappa shape index (κ2) is 7.06. The number of nitrogens with zero attached hydrogens (tertiary/aromatic N) is 1. The van der Waals surface area contributed by atoms with Crippen LogP contribution in [-0.4, -0.2) is 26.7 Å². The maximum Gasteiger partial charge on any atom is 0.321 e. The van der Waals surface area contributed by atoms with Crippen LogP contribution in [0.5, 0.6) is 0 Å². The molecule has 1 aromatic rings. The van der Waals surface area contributed by atoms with Crippen molar-refractivity contribution in [1.29, 1.82) is 5.26 Å². The van der Waals surface area contributed by atoms with Gasteiger partial charge < -0.3 is 4.74 Å². The zero-order chi connectivity index (χ0) is 15.2. The topological polar surface area (TPSA) is 84.2 Å². The van der Waals surface area contributed by atoms with Gasteiger partial charge in [0.2, 0.25) is 0 Å². The summed E-state index contributed by atoms with van der Waals surface area (Å²) in [6.45, 7) is 3.96. The summed E-state index contributed by atoms with van der Waals surface area (Å²) in [7, 11) is -3.56. The van der Waals surface area contributed by atoms with Crippen molar-refractivity contribution in [3.05, 3.63) is 35.4 Å². The van der Waals surface area contributed by atoms with E-state index in [4.69, 9.17) is 10.00 Å². The molecule has 0 aliphatic carbocycles. The maximum absolute atomic E-state index is 11.8. The predicted molar refractivity (Wildman–Crippen MR) is 74.4 cm³/mol. The fraction of sp³-hybridized carbons (Fsp3) is 0.429. The van der Waals surface area contributed by atoms with Gasteiger partial charge in [-0.3, -0.25) is 4.79 Å². The van der Waals surface area contributed by atoms with Gasteiger partial charge >= 0.3 is 5.97 Å². The van der Waals surface area contributed by atoms with Crippen molar-refractivity contribution in [3.63, 3.8) is 0 Å². The monoisotopic (exact) mass is 295 g/mol. The summed E-state index contributed by atoms with van der Waals surface area (Å²) in [6.07, 6.45) is 0. The lowest BCUT2D eigenvalue weighted by Crippen LogP contribution is -2.21. The average Bonchev–Trinajstić information content (AvgIpc) is 2.36. The lowest BCUT2D eigenvalue weighted by Gasteiger charge is -2.08. The van der Waals surface area contributed by atoms with Crippen LogP contribution in [0.1, 0.15) is 25.0 Å². The largest absolute Gasteiger partial charge is 0.465 e. The van der Waals surface area contributed by atoms with Crippen molar-refractivity contribution in [1.82, 2.24) is 0 Å². The second-order valence-corrected chi connectivity index (χ2v) is 6.98. The highest BCUT2D eigenvalue weighted by Crippen LogP contribution is 2.09. The van der Waals surface area contributed by atoms with Gasteiger partial charge in [-0.15, -0.1) is 0 Å². The Morgan fingerprint density at radius 1 is 1.30 bits per heavy atom. The van der Waals surface area contributed by atoms with Gasteiger partial charge in [-0.2, -0.15) is 5.26 Å². The third-order valence-corrected chi connectivity index (χ3v) is 3.83. The molecule has 0 N–H and O–H groups in total. The maximum atomic E-state index is 11.8. The molecule has 20 heavy (non-hydrogen) atoms. The fourth-order valence-corrected chi connectivity index (χ4v) is 2.71. The zero-order valence-electron chi connectivity index (χ0n) is 11.5. The summed E-state index contributed by atoms with van der Waals surface area (Å²) in [6, 6.07) is 8.17. The number of carbonyl (C=O) groups is 1. The first-order valence-corrected chi connectivity index (χ1v) is 7.99. The van der Waals surface area contributed by atoms with Crippen LogP contribution in [0, 0.1) is 17.2 Å². The van der Waals surface area contributed by atoms with Crippen molar-refractivity contribution in [2.24, 2.45) is 5.92 Å². The lowest BCUT2D eigenvalue weighted by atomic mass is 10.2. The normalized spacial score (nSPS) is 11.1. The highest BCUT2D eigenvalue weighted by Gasteiger charge is 2.18. The molecule has 0 amide bonds. The molecule has 0 saturated heterocycles. The van der Waals surface area contributed by atoms with E-state index < -0.39 is 21.6 Å². The van der Waals surface area contributed by atoms with Crippen LogP contribution in [0.3, 0.4) is 0 Å². The molecule has 0 aliphatic heterocycles. The van der Waals surface area contributed by atoms with Gasteiger partial charge in [0.15, 0.2) is 9.84 Å². The number of esters is 1. The van der Waals surface area contributed by atoms with Crippen molar-refractivity contribution in [3.8, 4) is 6.07 Å². The third kappa shape index (κ3) is 5.85. The first-order valence-electron chi connectivity index (χ1n) is 6.17. The zero-order valence-corrected chi connectivity index (χ0v) is 12.3. The summed E-state index contributed by atoms with van der Waals surface area (Å²) < 4.78 is 28.5. The summed E-state index contributed by atoms with van der Waals surface area (Å²) in [4.78, 5) is 11.4. The summed E-state index contributed by atoms with van der Waals surface area (Å²) in [5.41, 5.74) is 1.00. The molecule has 0 unspecified atom stereocenters. The molecular weight excluding hydrogens is 278 g/mol. The average molecular weight is 295 g/mol. The summed E-state index contributed by atoms with van der Waals surface area (Å²) >= 11 is 0. The quantitative estimate of drug-likeness (QED) is 0.745. The van der Waals surface area contributed by atoms with Crippen LogP contribution in [0.4, 0.5) is 0 Å². The van der Waals surface area contributed by atoms with Crippen LogP contribution in [0.2, 0.25) is 0 Å². The van der Waals surface area contributed by atoms with E-state index >= 15 is 0 Å². The molecule has 0 aromatic heterocycles. The third-order valence-electron chi connectivity index (χ3n) is 2.39. The van der Waals surface area contributed by atoms with Crippen LogP contribution < -0.4 is 0 Å². The Kier molecular flexibility index (Phi) is 5.71. The minimum absolute atomic E-state index is 0.167. The van der Waals surface area contributed by atoms with Crippen LogP contribution >= 0.6 is 0 Å². The van der Waals surface area contributed by atoms with Gasteiger partial charge in [0.1, 0.15) is 5.75 Å². The number of benzene rings is 1. The van der Waals surface area contributed by atoms with Crippen molar-refractivity contribution in [2.75, 3.05) is 12.4 Å². The smallest absolute Gasteiger partial charge is 0.321 e. The molecule has 1 rings (SSSR count). The Morgan fingerprint density at radius 3 is 2.40 bits per heavy atom. The highest BCUT2D eigenvalue weighted by molar-refractivity contribution is 7.91. The lowest BCUT2D eigenvalue weighted by molar-refractivity contribution is -0.141. The van der Waals surface area contributed by atoms with E-state index in [2.05, 4.69) is 0 Å². The number of ether oxygens (including phenoxy) is 1. The molecule has 108 valence electrons. The standard InChI is InChI=1S/C14H17NO4S/c1-11(2)8-19-14(16)10-20(17,18)9-13-5-3-12(7-15)4-6-13/h3-6,11H,8-10H2,1-2H3. The van der Waals surface area contributed by atoms with Crippen LogP contribution in [-0.2, 0) is 25.1 Å². The molecule has 5 nitrogen and oxygen atoms in total. The van der Waals surface area contributed by atoms with Gasteiger partial charge in [0.05, 0.1) is 24.0 Å². The van der Waals surface area contributed by atoms with Gasteiger partial charge in [0, 0.05) is 0 Å². The molecule has 6 heteroatoms. The molecule has 0 saturated carbocycles. The molecule has 0 atom stereocenters. The number of carbonyl (C=O) groups excluding carboxylic acids is 1. The molecule has 0 aliphatic rings. The predicted octanol–water partition coefficient (Wildman–Crippen LogP) is 1.67. The number of sulfone groups is 1. The highest BCUT2D eigenvalue weighted by atomic mass is 32.2. The SMILES string of the molecule is CC(C)COC(=O)CS(=O)(=O)Cc1ccc(C#N)cc1. The van der Waals surface area contributed by atoms with Crippen molar-refractivity contribution in [2.45, 2.75) is 19.6 Å². The van der Waals surface area contributed by atoms with Crippen LogP contribution in [0.15, 0.2) is 24.3 Å². The number of hydrogen-bond donors (Lipinski definition) is 0. The summed E-state index contributed by atoms with van der Waals surface area (Å²) in [5.74, 6) is -1.43. The molecular formula is C14H17NO4S. The van der Waals surface area contributed by atoms with Crippen LogP contribution in [0.25, 0.3) is 0 Å². The molecule has 0 bridgehead atoms. The number of rotatable bonds is 6. The van der Waals surface area contributed by atoms with E-state index in [1.54, 1.807) is 24.3 Å². The molecule has 1 aromatic carbocycles. The van der Waals surface area contributed by atoms with Gasteiger partial charge in [-0.05, 0) is 23.6 Å². The Hall–Kier alpha value is -1.87. The molecule has 0 spiro atoms. The summed E-state index contributed by atoms with van der Waals surface area (Å²) in [5, 5.41) is 8.65. The van der Waals surface area contributed by atoms with Crippen molar-refractivity contribution < 1.29 is 17.9 Å². The number of hydrogen-bond acceptors (Lipinski definition) is 5. The fourth-order valence-electron chi connectivity index (χ4n) is 1.46. The minimum Gasteiger partial charge on any atom is -0.465 e. The van der Waals surface area contributed by atoms with Crippen molar-refractivity contribution >= 4 is 15.8 Å². The van der Waals surface area contributed by atoms with E-state index in [-0.39, 0.29) is 18.3 Å². The first kappa shape index (κ1) is 16.2. The Balaban J connectivity index is 2.60. The van der Waals surface area contributed by atoms with Gasteiger partial charge in [-0.1, -0.05) is 26.0 Å². The Labute approximate surface area is 119 Å². The molecule has 0 fully saturated rings. The minimum atomic E-state index is -3.56.